The molecule has 1 aliphatic rings. The highest BCUT2D eigenvalue weighted by Gasteiger charge is 2.21. The molecular formula is C26H30N4O3S. The molecule has 1 fully saturated rings. The number of methoxy groups -OCH3 is 1. The van der Waals surface area contributed by atoms with Crippen LogP contribution in [0.5, 0.6) is 5.75 Å². The number of thiophene rings is 1. The van der Waals surface area contributed by atoms with Gasteiger partial charge < -0.3 is 25.4 Å². The maximum atomic E-state index is 12.8. The van der Waals surface area contributed by atoms with Gasteiger partial charge in [0.2, 0.25) is 0 Å². The van der Waals surface area contributed by atoms with Gasteiger partial charge in [0, 0.05) is 48.3 Å². The molecule has 4 N–H and O–H groups in total. The molecule has 1 unspecified atom stereocenters. The third-order valence-electron chi connectivity index (χ3n) is 6.02. The zero-order chi connectivity index (χ0) is 24.1. The predicted molar refractivity (Wildman–Crippen MR) is 137 cm³/mol. The number of hydrogen-bond donors (Lipinski definition) is 3. The molecule has 3 aromatic rings. The molecule has 0 saturated carbocycles. The summed E-state index contributed by atoms with van der Waals surface area (Å²) >= 11 is 1.51. The van der Waals surface area contributed by atoms with Gasteiger partial charge in [-0.2, -0.15) is 11.3 Å². The van der Waals surface area contributed by atoms with Gasteiger partial charge in [-0.15, -0.1) is 0 Å². The van der Waals surface area contributed by atoms with Crippen molar-refractivity contribution in [2.45, 2.75) is 25.0 Å². The Morgan fingerprint density at radius 1 is 1.18 bits per heavy atom. The highest BCUT2D eigenvalue weighted by Crippen LogP contribution is 2.26. The molecule has 178 valence electrons. The molecule has 1 aromatic heterocycles. The average molecular weight is 479 g/mol. The number of carbonyl (C=O) groups is 1. The fourth-order valence-corrected chi connectivity index (χ4v) is 4.70. The van der Waals surface area contributed by atoms with Crippen LogP contribution in [0.15, 0.2) is 59.3 Å². The molecule has 8 heteroatoms. The molecule has 4 rings (SSSR count). The number of benzene rings is 2. The largest absolute Gasteiger partial charge is 0.490 e. The number of ether oxygens (including phenoxy) is 2. The molecule has 2 aromatic carbocycles. The van der Waals surface area contributed by atoms with Crippen molar-refractivity contribution in [2.24, 2.45) is 0 Å². The molecule has 1 amide bonds. The van der Waals surface area contributed by atoms with Crippen molar-refractivity contribution >= 4 is 34.3 Å². The van der Waals surface area contributed by atoms with Crippen LogP contribution < -0.4 is 15.8 Å². The number of carbonyl (C=O) groups excluding carboxylic acids is 1. The molecule has 1 saturated heterocycles. The van der Waals surface area contributed by atoms with E-state index in [9.17, 15) is 4.79 Å². The Bertz CT molecular complexity index is 1120. The molecule has 0 spiro atoms. The van der Waals surface area contributed by atoms with E-state index in [1.165, 1.54) is 18.4 Å². The van der Waals surface area contributed by atoms with E-state index >= 15 is 0 Å². The van der Waals surface area contributed by atoms with E-state index in [4.69, 9.17) is 20.6 Å². The van der Waals surface area contributed by atoms with Crippen molar-refractivity contribution in [3.05, 3.63) is 76.0 Å². The third-order valence-corrected chi connectivity index (χ3v) is 6.72. The number of hydrogen-bond acceptors (Lipinski definition) is 7. The minimum Gasteiger partial charge on any atom is -0.490 e. The molecule has 0 radical (unpaired) electrons. The van der Waals surface area contributed by atoms with Crippen molar-refractivity contribution in [3.8, 4) is 5.75 Å². The maximum absolute atomic E-state index is 12.8. The summed E-state index contributed by atoms with van der Waals surface area (Å²) in [5, 5.41) is 15.4. The summed E-state index contributed by atoms with van der Waals surface area (Å²) in [6.07, 6.45) is 1.55. The van der Waals surface area contributed by atoms with Gasteiger partial charge in [-0.25, -0.2) is 0 Å². The van der Waals surface area contributed by atoms with Crippen LogP contribution in [0.4, 0.5) is 11.4 Å². The average Bonchev–Trinajstić information content (AvgIpc) is 3.37. The molecule has 34 heavy (non-hydrogen) atoms. The van der Waals surface area contributed by atoms with Crippen LogP contribution in [0.3, 0.4) is 0 Å². The lowest BCUT2D eigenvalue weighted by Crippen LogP contribution is -2.35. The van der Waals surface area contributed by atoms with Crippen molar-refractivity contribution < 1.29 is 14.3 Å². The SMILES string of the molecule is COC(C(=O)Nc1ccc(N)c(C(=N)c2ccc(OC3CCN(C)CC3)cc2)c1)c1ccsc1. The molecule has 1 aliphatic heterocycles. The summed E-state index contributed by atoms with van der Waals surface area (Å²) < 4.78 is 11.5. The van der Waals surface area contributed by atoms with Gasteiger partial charge in [0.25, 0.3) is 5.91 Å². The van der Waals surface area contributed by atoms with E-state index in [0.29, 0.717) is 16.9 Å². The number of piperidine rings is 1. The van der Waals surface area contributed by atoms with Crippen LogP contribution in [0.25, 0.3) is 0 Å². The maximum Gasteiger partial charge on any atom is 0.258 e. The zero-order valence-electron chi connectivity index (χ0n) is 19.4. The first-order chi connectivity index (χ1) is 16.4. The summed E-state index contributed by atoms with van der Waals surface area (Å²) in [5.41, 5.74) is 9.55. The molecule has 2 heterocycles. The summed E-state index contributed by atoms with van der Waals surface area (Å²) in [6, 6.07) is 14.5. The Labute approximate surface area is 204 Å². The Morgan fingerprint density at radius 3 is 2.56 bits per heavy atom. The Hall–Kier alpha value is -3.20. The molecular weight excluding hydrogens is 448 g/mol. The summed E-state index contributed by atoms with van der Waals surface area (Å²) in [5.74, 6) is 0.526. The van der Waals surface area contributed by atoms with E-state index in [2.05, 4.69) is 17.3 Å². The Morgan fingerprint density at radius 2 is 1.91 bits per heavy atom. The second-order valence-electron chi connectivity index (χ2n) is 8.48. The second kappa shape index (κ2) is 10.8. The highest BCUT2D eigenvalue weighted by atomic mass is 32.1. The molecule has 1 atom stereocenters. The van der Waals surface area contributed by atoms with Gasteiger partial charge in [0.05, 0.1) is 5.71 Å². The number of rotatable bonds is 8. The topological polar surface area (TPSA) is 101 Å². The number of nitrogens with two attached hydrogens (primary N) is 1. The van der Waals surface area contributed by atoms with Crippen molar-refractivity contribution in [3.63, 3.8) is 0 Å². The standard InChI is InChI=1S/C26H30N4O3S/c1-30-12-9-21(10-13-30)33-20-6-3-17(4-7-20)24(28)22-15-19(5-8-23(22)27)29-26(31)25(32-2)18-11-14-34-16-18/h3-8,11,14-16,21,25,28H,9-10,12-13,27H2,1-2H3,(H,29,31). The Balaban J connectivity index is 1.44. The van der Waals surface area contributed by atoms with E-state index < -0.39 is 6.10 Å². The van der Waals surface area contributed by atoms with Crippen LogP contribution >= 0.6 is 11.3 Å². The van der Waals surface area contributed by atoms with E-state index in [1.807, 2.05) is 41.1 Å². The number of nitrogens with one attached hydrogen (secondary N) is 2. The Kier molecular flexibility index (Phi) is 7.62. The fraction of sp³-hybridized carbons (Fsp3) is 0.308. The molecule has 7 nitrogen and oxygen atoms in total. The molecule has 0 bridgehead atoms. The van der Waals surface area contributed by atoms with Crippen LogP contribution in [-0.4, -0.2) is 49.9 Å². The number of likely N-dealkylation sites (tertiary alicyclic amines) is 1. The zero-order valence-corrected chi connectivity index (χ0v) is 20.2. The van der Waals surface area contributed by atoms with Gasteiger partial charge in [-0.05, 0) is 79.2 Å². The van der Waals surface area contributed by atoms with Gasteiger partial charge in [0.15, 0.2) is 6.10 Å². The van der Waals surface area contributed by atoms with Crippen molar-refractivity contribution in [1.29, 1.82) is 5.41 Å². The summed E-state index contributed by atoms with van der Waals surface area (Å²) in [7, 11) is 3.63. The van der Waals surface area contributed by atoms with Gasteiger partial charge in [-0.3, -0.25) is 10.2 Å². The number of nitrogen functional groups attached to an aromatic ring is 1. The quantitative estimate of drug-likeness (QED) is 0.326. The monoisotopic (exact) mass is 478 g/mol. The fourth-order valence-electron chi connectivity index (χ4n) is 4.03. The summed E-state index contributed by atoms with van der Waals surface area (Å²) in [4.78, 5) is 15.1. The van der Waals surface area contributed by atoms with Crippen molar-refractivity contribution in [1.82, 2.24) is 4.90 Å². The van der Waals surface area contributed by atoms with Crippen LogP contribution in [0, 0.1) is 5.41 Å². The minimum atomic E-state index is -0.705. The van der Waals surface area contributed by atoms with E-state index in [1.54, 1.807) is 18.2 Å². The van der Waals surface area contributed by atoms with Crippen LogP contribution in [-0.2, 0) is 9.53 Å². The lowest BCUT2D eigenvalue weighted by atomic mass is 10.00. The first-order valence-electron chi connectivity index (χ1n) is 11.2. The minimum absolute atomic E-state index is 0.224. The van der Waals surface area contributed by atoms with Crippen LogP contribution in [0.2, 0.25) is 0 Å². The number of nitrogens with zero attached hydrogens (tertiary/aromatic N) is 1. The van der Waals surface area contributed by atoms with Gasteiger partial charge in [-0.1, -0.05) is 0 Å². The first kappa shape index (κ1) is 23.9. The highest BCUT2D eigenvalue weighted by molar-refractivity contribution is 7.08. The summed E-state index contributed by atoms with van der Waals surface area (Å²) in [6.45, 7) is 2.08. The van der Waals surface area contributed by atoms with Crippen LogP contribution in [0.1, 0.15) is 35.6 Å². The first-order valence-corrected chi connectivity index (χ1v) is 12.2. The normalized spacial score (nSPS) is 15.6. The molecule has 0 aliphatic carbocycles. The number of anilines is 2. The predicted octanol–water partition coefficient (Wildman–Crippen LogP) is 4.55. The van der Waals surface area contributed by atoms with E-state index in [0.717, 1.165) is 42.8 Å². The second-order valence-corrected chi connectivity index (χ2v) is 9.26. The third kappa shape index (κ3) is 5.64. The number of amides is 1. The smallest absolute Gasteiger partial charge is 0.258 e. The lowest BCUT2D eigenvalue weighted by Gasteiger charge is -2.29. The van der Waals surface area contributed by atoms with Gasteiger partial charge in [0.1, 0.15) is 11.9 Å². The van der Waals surface area contributed by atoms with Crippen molar-refractivity contribution in [2.75, 3.05) is 38.3 Å². The van der Waals surface area contributed by atoms with Gasteiger partial charge >= 0.3 is 0 Å². The van der Waals surface area contributed by atoms with E-state index in [-0.39, 0.29) is 17.7 Å². The lowest BCUT2D eigenvalue weighted by molar-refractivity contribution is -0.126.